The van der Waals surface area contributed by atoms with Crippen LogP contribution in [-0.2, 0) is 0 Å². The minimum atomic E-state index is -0.369. The minimum Gasteiger partial charge on any atom is -0.485 e. The third-order valence-corrected chi connectivity index (χ3v) is 3.83. The van der Waals surface area contributed by atoms with Crippen molar-refractivity contribution in [1.29, 1.82) is 0 Å². The van der Waals surface area contributed by atoms with Gasteiger partial charge in [0.2, 0.25) is 11.9 Å². The van der Waals surface area contributed by atoms with Gasteiger partial charge in [-0.3, -0.25) is 0 Å². The van der Waals surface area contributed by atoms with Gasteiger partial charge in [0.15, 0.2) is 11.5 Å². The molecular weight excluding hydrogens is 276 g/mol. The third kappa shape index (κ3) is 1.94. The number of ether oxygens (including phenoxy) is 2. The summed E-state index contributed by atoms with van der Waals surface area (Å²) in [5, 5.41) is 5.95. The van der Waals surface area contributed by atoms with Crippen molar-refractivity contribution in [3.05, 3.63) is 47.7 Å². The second-order valence-electron chi connectivity index (χ2n) is 4.30. The summed E-state index contributed by atoms with van der Waals surface area (Å²) < 4.78 is 16.8. The van der Waals surface area contributed by atoms with E-state index in [-0.39, 0.29) is 6.10 Å². The lowest BCUT2D eigenvalue weighted by Gasteiger charge is -2.23. The molecule has 20 heavy (non-hydrogen) atoms. The van der Waals surface area contributed by atoms with E-state index in [9.17, 15) is 0 Å². The van der Waals surface area contributed by atoms with Gasteiger partial charge in [-0.25, -0.2) is 0 Å². The highest BCUT2D eigenvalue weighted by Crippen LogP contribution is 2.35. The van der Waals surface area contributed by atoms with E-state index in [0.29, 0.717) is 24.1 Å². The molecule has 0 saturated heterocycles. The number of aromatic nitrogens is 2. The van der Waals surface area contributed by atoms with Crippen molar-refractivity contribution in [3.8, 4) is 22.2 Å². The van der Waals surface area contributed by atoms with Gasteiger partial charge in [-0.2, -0.15) is 4.98 Å². The molecule has 0 amide bonds. The Labute approximate surface area is 118 Å². The minimum absolute atomic E-state index is 0.364. The molecular formula is C14H10N2O3S. The van der Waals surface area contributed by atoms with Crippen LogP contribution in [0.2, 0.25) is 0 Å². The number of hydrogen-bond acceptors (Lipinski definition) is 6. The molecule has 1 aromatic carbocycles. The standard InChI is InChI=1S/C14H10N2O3S/c1-2-5-10-9(4-1)17-8-11(18-10)14-15-13(16-19-14)12-6-3-7-20-12/h1-7,11H,8H2. The van der Waals surface area contributed by atoms with Gasteiger partial charge in [-0.05, 0) is 23.6 Å². The Morgan fingerprint density at radius 3 is 2.85 bits per heavy atom. The number of hydrogen-bond donors (Lipinski definition) is 0. The van der Waals surface area contributed by atoms with Crippen molar-refractivity contribution in [2.75, 3.05) is 6.61 Å². The zero-order chi connectivity index (χ0) is 13.4. The van der Waals surface area contributed by atoms with Crippen molar-refractivity contribution >= 4 is 11.3 Å². The lowest BCUT2D eigenvalue weighted by molar-refractivity contribution is 0.0665. The summed E-state index contributed by atoms with van der Waals surface area (Å²) in [6.45, 7) is 0.364. The number of rotatable bonds is 2. The van der Waals surface area contributed by atoms with Gasteiger partial charge in [-0.1, -0.05) is 23.4 Å². The van der Waals surface area contributed by atoms with Crippen molar-refractivity contribution < 1.29 is 14.0 Å². The lowest BCUT2D eigenvalue weighted by atomic mass is 10.2. The van der Waals surface area contributed by atoms with E-state index in [4.69, 9.17) is 14.0 Å². The van der Waals surface area contributed by atoms with Gasteiger partial charge in [-0.15, -0.1) is 11.3 Å². The molecule has 5 nitrogen and oxygen atoms in total. The van der Waals surface area contributed by atoms with E-state index >= 15 is 0 Å². The van der Waals surface area contributed by atoms with Gasteiger partial charge in [0.1, 0.15) is 6.61 Å². The number of benzene rings is 1. The van der Waals surface area contributed by atoms with Crippen LogP contribution in [0.3, 0.4) is 0 Å². The molecule has 4 rings (SSSR count). The first-order valence-electron chi connectivity index (χ1n) is 6.16. The molecule has 0 fully saturated rings. The molecule has 2 aromatic heterocycles. The largest absolute Gasteiger partial charge is 0.485 e. The molecule has 0 bridgehead atoms. The van der Waals surface area contributed by atoms with Crippen molar-refractivity contribution in [1.82, 2.24) is 10.1 Å². The third-order valence-electron chi connectivity index (χ3n) is 2.97. The molecule has 0 N–H and O–H groups in total. The number of thiophene rings is 1. The molecule has 0 spiro atoms. The summed E-state index contributed by atoms with van der Waals surface area (Å²) >= 11 is 1.57. The average molecular weight is 286 g/mol. The summed E-state index contributed by atoms with van der Waals surface area (Å²) in [7, 11) is 0. The van der Waals surface area contributed by atoms with E-state index in [1.807, 2.05) is 41.8 Å². The summed E-state index contributed by atoms with van der Waals surface area (Å²) in [5.74, 6) is 2.45. The summed E-state index contributed by atoms with van der Waals surface area (Å²) in [4.78, 5) is 5.35. The Kier molecular flexibility index (Phi) is 2.67. The Bertz CT molecular complexity index is 724. The first kappa shape index (κ1) is 11.5. The fraction of sp³-hybridized carbons (Fsp3) is 0.143. The Morgan fingerprint density at radius 2 is 2.00 bits per heavy atom. The first-order chi connectivity index (χ1) is 9.90. The van der Waals surface area contributed by atoms with Gasteiger partial charge in [0.05, 0.1) is 4.88 Å². The van der Waals surface area contributed by atoms with Crippen LogP contribution in [-0.4, -0.2) is 16.7 Å². The van der Waals surface area contributed by atoms with Crippen LogP contribution >= 0.6 is 11.3 Å². The second kappa shape index (κ2) is 4.64. The normalized spacial score (nSPS) is 17.1. The van der Waals surface area contributed by atoms with Crippen LogP contribution < -0.4 is 9.47 Å². The molecule has 1 atom stereocenters. The molecule has 1 unspecified atom stereocenters. The molecule has 1 aliphatic rings. The maximum absolute atomic E-state index is 5.83. The van der Waals surface area contributed by atoms with Crippen LogP contribution in [0.15, 0.2) is 46.3 Å². The predicted molar refractivity (Wildman–Crippen MR) is 72.9 cm³/mol. The smallest absolute Gasteiger partial charge is 0.271 e. The zero-order valence-corrected chi connectivity index (χ0v) is 11.2. The van der Waals surface area contributed by atoms with Crippen LogP contribution in [0.5, 0.6) is 11.5 Å². The quantitative estimate of drug-likeness (QED) is 0.723. The van der Waals surface area contributed by atoms with E-state index in [1.54, 1.807) is 11.3 Å². The Morgan fingerprint density at radius 1 is 1.10 bits per heavy atom. The van der Waals surface area contributed by atoms with Gasteiger partial charge >= 0.3 is 0 Å². The van der Waals surface area contributed by atoms with E-state index in [1.165, 1.54) is 0 Å². The highest BCUT2D eigenvalue weighted by molar-refractivity contribution is 7.13. The van der Waals surface area contributed by atoms with Crippen molar-refractivity contribution in [2.45, 2.75) is 6.10 Å². The average Bonchev–Trinajstić information content (AvgIpc) is 3.17. The van der Waals surface area contributed by atoms with Crippen LogP contribution in [0.4, 0.5) is 0 Å². The van der Waals surface area contributed by atoms with Gasteiger partial charge in [0.25, 0.3) is 5.89 Å². The van der Waals surface area contributed by atoms with E-state index in [2.05, 4.69) is 10.1 Å². The molecule has 0 aliphatic carbocycles. The van der Waals surface area contributed by atoms with E-state index in [0.717, 1.165) is 10.6 Å². The fourth-order valence-electron chi connectivity index (χ4n) is 2.01. The topological polar surface area (TPSA) is 57.4 Å². The Balaban J connectivity index is 1.60. The zero-order valence-electron chi connectivity index (χ0n) is 10.4. The summed E-state index contributed by atoms with van der Waals surface area (Å²) in [5.41, 5.74) is 0. The molecule has 3 aromatic rings. The number of nitrogens with zero attached hydrogens (tertiary/aromatic N) is 2. The highest BCUT2D eigenvalue weighted by atomic mass is 32.1. The molecule has 3 heterocycles. The van der Waals surface area contributed by atoms with Crippen LogP contribution in [0.1, 0.15) is 12.0 Å². The second-order valence-corrected chi connectivity index (χ2v) is 5.25. The van der Waals surface area contributed by atoms with Gasteiger partial charge < -0.3 is 14.0 Å². The number of fused-ring (bicyclic) bond motifs is 1. The molecule has 100 valence electrons. The van der Waals surface area contributed by atoms with Gasteiger partial charge in [0, 0.05) is 0 Å². The number of para-hydroxylation sites is 2. The maximum atomic E-state index is 5.83. The molecule has 1 aliphatic heterocycles. The molecule has 0 saturated carbocycles. The predicted octanol–water partition coefficient (Wildman–Crippen LogP) is 3.31. The molecule has 0 radical (unpaired) electrons. The Hall–Kier alpha value is -2.34. The van der Waals surface area contributed by atoms with Crippen molar-refractivity contribution in [2.24, 2.45) is 0 Å². The SMILES string of the molecule is c1csc(-c2noc(C3COc4ccccc4O3)n2)c1. The summed E-state index contributed by atoms with van der Waals surface area (Å²) in [6.07, 6.45) is -0.369. The highest BCUT2D eigenvalue weighted by Gasteiger charge is 2.27. The monoisotopic (exact) mass is 286 g/mol. The van der Waals surface area contributed by atoms with Crippen LogP contribution in [0, 0.1) is 0 Å². The molecule has 6 heteroatoms. The first-order valence-corrected chi connectivity index (χ1v) is 7.04. The van der Waals surface area contributed by atoms with E-state index < -0.39 is 0 Å². The summed E-state index contributed by atoms with van der Waals surface area (Å²) in [6, 6.07) is 11.4. The van der Waals surface area contributed by atoms with Crippen LogP contribution in [0.25, 0.3) is 10.7 Å². The maximum Gasteiger partial charge on any atom is 0.271 e. The fourth-order valence-corrected chi connectivity index (χ4v) is 2.66. The van der Waals surface area contributed by atoms with Crippen molar-refractivity contribution in [3.63, 3.8) is 0 Å². The lowest BCUT2D eigenvalue weighted by Crippen LogP contribution is -2.21.